The Morgan fingerprint density at radius 2 is 1.79 bits per heavy atom. The normalized spacial score (nSPS) is 10.7. The van der Waals surface area contributed by atoms with Gasteiger partial charge in [-0.3, -0.25) is 9.48 Å². The van der Waals surface area contributed by atoms with Gasteiger partial charge in [-0.05, 0) is 54.4 Å². The molecule has 0 aliphatic carbocycles. The van der Waals surface area contributed by atoms with E-state index < -0.39 is 0 Å². The molecule has 0 bridgehead atoms. The van der Waals surface area contributed by atoms with E-state index in [0.29, 0.717) is 46.1 Å². The Balaban J connectivity index is 1.42. The molecule has 0 spiro atoms. The Labute approximate surface area is 208 Å². The lowest BCUT2D eigenvalue weighted by atomic mass is 10.1. The third-order valence-corrected chi connectivity index (χ3v) is 5.80. The Morgan fingerprint density at radius 3 is 2.56 bits per heavy atom. The molecular weight excluding hydrogens is 473 g/mol. The Kier molecular flexibility index (Phi) is 7.40. The SMILES string of the molecule is COc1ccccc1OCc1cccc(C(=O)Nc2cc(C)n(Cc3ccc(Cl)cc3Cl)n2)c1. The summed E-state index contributed by atoms with van der Waals surface area (Å²) in [7, 11) is 1.60. The van der Waals surface area contributed by atoms with Gasteiger partial charge in [0.2, 0.25) is 0 Å². The molecule has 4 rings (SSSR count). The first-order valence-electron chi connectivity index (χ1n) is 10.6. The van der Waals surface area contributed by atoms with Crippen LogP contribution in [-0.2, 0) is 13.2 Å². The predicted octanol–water partition coefficient (Wildman–Crippen LogP) is 6.39. The molecule has 0 radical (unpaired) electrons. The van der Waals surface area contributed by atoms with Crippen molar-refractivity contribution in [3.8, 4) is 11.5 Å². The Morgan fingerprint density at radius 1 is 1.00 bits per heavy atom. The zero-order chi connectivity index (χ0) is 24.1. The van der Waals surface area contributed by atoms with Crippen molar-refractivity contribution in [2.24, 2.45) is 0 Å². The number of hydrogen-bond acceptors (Lipinski definition) is 4. The van der Waals surface area contributed by atoms with Gasteiger partial charge in [0, 0.05) is 27.4 Å². The fraction of sp³-hybridized carbons (Fsp3) is 0.154. The number of ether oxygens (including phenoxy) is 2. The lowest BCUT2D eigenvalue weighted by molar-refractivity contribution is 0.102. The zero-order valence-electron chi connectivity index (χ0n) is 18.7. The van der Waals surface area contributed by atoms with Crippen molar-refractivity contribution < 1.29 is 14.3 Å². The molecule has 0 unspecified atom stereocenters. The third-order valence-electron chi connectivity index (χ3n) is 5.21. The van der Waals surface area contributed by atoms with Crippen LogP contribution < -0.4 is 14.8 Å². The quantitative estimate of drug-likeness (QED) is 0.307. The summed E-state index contributed by atoms with van der Waals surface area (Å²) < 4.78 is 13.0. The first-order chi connectivity index (χ1) is 16.4. The number of methoxy groups -OCH3 is 1. The summed E-state index contributed by atoms with van der Waals surface area (Å²) in [5, 5.41) is 8.52. The van der Waals surface area contributed by atoms with Crippen LogP contribution in [0.25, 0.3) is 0 Å². The van der Waals surface area contributed by atoms with E-state index >= 15 is 0 Å². The average Bonchev–Trinajstić information content (AvgIpc) is 3.18. The second kappa shape index (κ2) is 10.6. The molecule has 1 amide bonds. The van der Waals surface area contributed by atoms with Gasteiger partial charge in [0.25, 0.3) is 5.91 Å². The number of halogens is 2. The lowest BCUT2D eigenvalue weighted by Crippen LogP contribution is -2.13. The van der Waals surface area contributed by atoms with Crippen molar-refractivity contribution >= 4 is 34.9 Å². The number of para-hydroxylation sites is 2. The summed E-state index contributed by atoms with van der Waals surface area (Å²) in [6.45, 7) is 2.69. The molecule has 0 fully saturated rings. The molecule has 0 saturated carbocycles. The van der Waals surface area contributed by atoms with Crippen LogP contribution in [0, 0.1) is 6.92 Å². The van der Waals surface area contributed by atoms with Crippen LogP contribution in [0.2, 0.25) is 10.0 Å². The fourth-order valence-electron chi connectivity index (χ4n) is 3.43. The van der Waals surface area contributed by atoms with E-state index in [1.54, 1.807) is 36.1 Å². The number of hydrogen-bond donors (Lipinski definition) is 1. The van der Waals surface area contributed by atoms with Crippen LogP contribution in [0.1, 0.15) is 27.2 Å². The molecule has 1 N–H and O–H groups in total. The van der Waals surface area contributed by atoms with Gasteiger partial charge in [-0.15, -0.1) is 0 Å². The van der Waals surface area contributed by atoms with Crippen molar-refractivity contribution in [2.75, 3.05) is 12.4 Å². The molecule has 8 heteroatoms. The zero-order valence-corrected chi connectivity index (χ0v) is 20.2. The van der Waals surface area contributed by atoms with E-state index in [2.05, 4.69) is 10.4 Å². The topological polar surface area (TPSA) is 65.4 Å². The molecule has 0 saturated heterocycles. The van der Waals surface area contributed by atoms with Crippen LogP contribution in [0.4, 0.5) is 5.82 Å². The first-order valence-corrected chi connectivity index (χ1v) is 11.3. The molecule has 1 heterocycles. The minimum atomic E-state index is -0.256. The predicted molar refractivity (Wildman–Crippen MR) is 134 cm³/mol. The molecule has 4 aromatic rings. The number of rotatable bonds is 8. The maximum Gasteiger partial charge on any atom is 0.256 e. The average molecular weight is 496 g/mol. The minimum absolute atomic E-state index is 0.256. The van der Waals surface area contributed by atoms with Crippen molar-refractivity contribution in [1.29, 1.82) is 0 Å². The van der Waals surface area contributed by atoms with Crippen LogP contribution in [-0.4, -0.2) is 22.8 Å². The summed E-state index contributed by atoms with van der Waals surface area (Å²) in [4.78, 5) is 12.9. The number of carbonyl (C=O) groups is 1. The number of benzene rings is 3. The summed E-state index contributed by atoms with van der Waals surface area (Å²) in [5.74, 6) is 1.50. The van der Waals surface area contributed by atoms with Gasteiger partial charge in [-0.1, -0.05) is 53.5 Å². The summed E-state index contributed by atoms with van der Waals surface area (Å²) in [6.07, 6.45) is 0. The lowest BCUT2D eigenvalue weighted by Gasteiger charge is -2.11. The van der Waals surface area contributed by atoms with E-state index in [4.69, 9.17) is 32.7 Å². The van der Waals surface area contributed by atoms with Crippen LogP contribution in [0.15, 0.2) is 72.8 Å². The van der Waals surface area contributed by atoms with Crippen LogP contribution in [0.3, 0.4) is 0 Å². The Bertz CT molecular complexity index is 1320. The highest BCUT2D eigenvalue weighted by Gasteiger charge is 2.12. The number of anilines is 1. The van der Waals surface area contributed by atoms with Gasteiger partial charge in [-0.2, -0.15) is 5.10 Å². The van der Waals surface area contributed by atoms with Crippen molar-refractivity contribution in [3.63, 3.8) is 0 Å². The molecule has 3 aromatic carbocycles. The smallest absolute Gasteiger partial charge is 0.256 e. The minimum Gasteiger partial charge on any atom is -0.493 e. The molecule has 0 aliphatic rings. The standard InChI is InChI=1S/C26H23Cl2N3O3/c1-17-12-25(30-31(17)15-20-10-11-21(27)14-22(20)28)29-26(32)19-7-5-6-18(13-19)16-34-24-9-4-3-8-23(24)33-2/h3-14H,15-16H2,1-2H3,(H,29,30,32). The monoisotopic (exact) mass is 495 g/mol. The molecule has 0 aliphatic heterocycles. The van der Waals surface area contributed by atoms with E-state index in [9.17, 15) is 4.79 Å². The molecule has 174 valence electrons. The highest BCUT2D eigenvalue weighted by atomic mass is 35.5. The number of aromatic nitrogens is 2. The van der Waals surface area contributed by atoms with Gasteiger partial charge in [0.15, 0.2) is 17.3 Å². The van der Waals surface area contributed by atoms with Crippen LogP contribution >= 0.6 is 23.2 Å². The second-order valence-corrected chi connectivity index (χ2v) is 8.50. The van der Waals surface area contributed by atoms with E-state index in [-0.39, 0.29) is 5.91 Å². The fourth-order valence-corrected chi connectivity index (χ4v) is 3.90. The van der Waals surface area contributed by atoms with Crippen molar-refractivity contribution in [3.05, 3.63) is 105 Å². The molecule has 1 aromatic heterocycles. The van der Waals surface area contributed by atoms with Gasteiger partial charge in [0.05, 0.1) is 13.7 Å². The number of nitrogens with one attached hydrogen (secondary N) is 1. The van der Waals surface area contributed by atoms with E-state index in [1.165, 1.54) is 0 Å². The number of aryl methyl sites for hydroxylation is 1. The number of amides is 1. The van der Waals surface area contributed by atoms with Crippen LogP contribution in [0.5, 0.6) is 11.5 Å². The van der Waals surface area contributed by atoms with E-state index in [0.717, 1.165) is 16.8 Å². The first kappa shape index (κ1) is 23.7. The van der Waals surface area contributed by atoms with Gasteiger partial charge >= 0.3 is 0 Å². The van der Waals surface area contributed by atoms with Crippen molar-refractivity contribution in [1.82, 2.24) is 9.78 Å². The molecular formula is C26H23Cl2N3O3. The Hall–Kier alpha value is -3.48. The summed E-state index contributed by atoms with van der Waals surface area (Å²) >= 11 is 12.3. The highest BCUT2D eigenvalue weighted by molar-refractivity contribution is 6.35. The van der Waals surface area contributed by atoms with Gasteiger partial charge in [0.1, 0.15) is 6.61 Å². The third kappa shape index (κ3) is 5.71. The van der Waals surface area contributed by atoms with E-state index in [1.807, 2.05) is 55.5 Å². The largest absolute Gasteiger partial charge is 0.493 e. The molecule has 0 atom stereocenters. The number of carbonyl (C=O) groups excluding carboxylic acids is 1. The second-order valence-electron chi connectivity index (χ2n) is 7.66. The molecule has 34 heavy (non-hydrogen) atoms. The van der Waals surface area contributed by atoms with Crippen molar-refractivity contribution in [2.45, 2.75) is 20.1 Å². The highest BCUT2D eigenvalue weighted by Crippen LogP contribution is 2.27. The van der Waals surface area contributed by atoms with Gasteiger partial charge < -0.3 is 14.8 Å². The maximum absolute atomic E-state index is 12.9. The van der Waals surface area contributed by atoms with Gasteiger partial charge in [-0.25, -0.2) is 0 Å². The summed E-state index contributed by atoms with van der Waals surface area (Å²) in [5.41, 5.74) is 3.14. The maximum atomic E-state index is 12.9. The summed E-state index contributed by atoms with van der Waals surface area (Å²) in [6, 6.07) is 21.9. The molecule has 6 nitrogen and oxygen atoms in total. The number of nitrogens with zero attached hydrogens (tertiary/aromatic N) is 2.